The predicted octanol–water partition coefficient (Wildman–Crippen LogP) is 3.38. The molecule has 0 atom stereocenters. The number of benzene rings is 2. The molecule has 0 spiro atoms. The third-order valence-corrected chi connectivity index (χ3v) is 5.38. The van der Waals surface area contributed by atoms with Gasteiger partial charge in [0.15, 0.2) is 0 Å². The van der Waals surface area contributed by atoms with Crippen LogP contribution < -0.4 is 9.21 Å². The van der Waals surface area contributed by atoms with Gasteiger partial charge >= 0.3 is 0 Å². The summed E-state index contributed by atoms with van der Waals surface area (Å²) in [4.78, 5) is 14.5. The summed E-state index contributed by atoms with van der Waals surface area (Å²) in [7, 11) is -3.58. The van der Waals surface area contributed by atoms with Crippen LogP contribution in [0.15, 0.2) is 48.5 Å². The molecule has 2 rings (SSSR count). The zero-order valence-corrected chi connectivity index (χ0v) is 16.6. The standard InChI is InChI=1S/C20H26N2O3S/c1-5-17-10-12-18(13-11-17)22(26(4,24)25)15-20(23)21(6-2)19-9-7-8-16(3)14-19/h7-14H,5-6,15H2,1-4H3. The summed E-state index contributed by atoms with van der Waals surface area (Å²) in [6.45, 7) is 6.11. The smallest absolute Gasteiger partial charge is 0.247 e. The van der Waals surface area contributed by atoms with Gasteiger partial charge < -0.3 is 4.90 Å². The molecule has 0 bridgehead atoms. The van der Waals surface area contributed by atoms with E-state index in [1.807, 2.05) is 57.2 Å². The molecule has 0 radical (unpaired) electrons. The highest BCUT2D eigenvalue weighted by Crippen LogP contribution is 2.21. The average Bonchev–Trinajstić information content (AvgIpc) is 2.59. The van der Waals surface area contributed by atoms with Crippen LogP contribution in [0.4, 0.5) is 11.4 Å². The number of anilines is 2. The Balaban J connectivity index is 2.30. The summed E-state index contributed by atoms with van der Waals surface area (Å²) in [5, 5.41) is 0. The summed E-state index contributed by atoms with van der Waals surface area (Å²) in [6, 6.07) is 14.9. The van der Waals surface area contributed by atoms with Crippen molar-refractivity contribution in [3.05, 3.63) is 59.7 Å². The zero-order chi connectivity index (χ0) is 19.3. The second-order valence-corrected chi connectivity index (χ2v) is 8.17. The van der Waals surface area contributed by atoms with E-state index < -0.39 is 10.0 Å². The normalized spacial score (nSPS) is 11.2. The minimum atomic E-state index is -3.58. The lowest BCUT2D eigenvalue weighted by Crippen LogP contribution is -2.42. The van der Waals surface area contributed by atoms with Gasteiger partial charge in [0.2, 0.25) is 15.9 Å². The molecule has 0 fully saturated rings. The first-order valence-corrected chi connectivity index (χ1v) is 10.5. The largest absolute Gasteiger partial charge is 0.311 e. The van der Waals surface area contributed by atoms with Crippen molar-refractivity contribution in [2.24, 2.45) is 0 Å². The number of aryl methyl sites for hydroxylation is 2. The van der Waals surface area contributed by atoms with Crippen molar-refractivity contribution < 1.29 is 13.2 Å². The molecule has 0 saturated heterocycles. The first kappa shape index (κ1) is 20.0. The molecule has 5 nitrogen and oxygen atoms in total. The van der Waals surface area contributed by atoms with Crippen LogP contribution in [0.1, 0.15) is 25.0 Å². The fourth-order valence-electron chi connectivity index (χ4n) is 2.80. The molecule has 0 saturated carbocycles. The second-order valence-electron chi connectivity index (χ2n) is 6.27. The molecule has 2 aromatic carbocycles. The van der Waals surface area contributed by atoms with Crippen LogP contribution in [-0.2, 0) is 21.2 Å². The van der Waals surface area contributed by atoms with Crippen molar-refractivity contribution in [3.63, 3.8) is 0 Å². The van der Waals surface area contributed by atoms with Gasteiger partial charge in [0, 0.05) is 12.2 Å². The topological polar surface area (TPSA) is 57.7 Å². The van der Waals surface area contributed by atoms with Gasteiger partial charge in [-0.3, -0.25) is 9.10 Å². The maximum Gasteiger partial charge on any atom is 0.247 e. The number of carbonyl (C=O) groups excluding carboxylic acids is 1. The summed E-state index contributed by atoms with van der Waals surface area (Å²) >= 11 is 0. The van der Waals surface area contributed by atoms with E-state index in [-0.39, 0.29) is 12.5 Å². The van der Waals surface area contributed by atoms with E-state index in [9.17, 15) is 13.2 Å². The Morgan fingerprint density at radius 2 is 1.65 bits per heavy atom. The number of amides is 1. The number of likely N-dealkylation sites (N-methyl/N-ethyl adjacent to an activating group) is 1. The van der Waals surface area contributed by atoms with Crippen LogP contribution >= 0.6 is 0 Å². The van der Waals surface area contributed by atoms with Gasteiger partial charge in [-0.25, -0.2) is 8.42 Å². The number of hydrogen-bond acceptors (Lipinski definition) is 3. The highest BCUT2D eigenvalue weighted by Gasteiger charge is 2.24. The molecule has 0 unspecified atom stereocenters. The van der Waals surface area contributed by atoms with Crippen molar-refractivity contribution in [1.82, 2.24) is 0 Å². The molecule has 0 aromatic heterocycles. The second kappa shape index (κ2) is 8.36. The number of carbonyl (C=O) groups is 1. The Morgan fingerprint density at radius 1 is 1.00 bits per heavy atom. The molecule has 0 aliphatic carbocycles. The van der Waals surface area contributed by atoms with Crippen LogP contribution in [0.25, 0.3) is 0 Å². The Morgan fingerprint density at radius 3 is 2.15 bits per heavy atom. The molecule has 140 valence electrons. The molecule has 1 amide bonds. The number of rotatable bonds is 7. The van der Waals surface area contributed by atoms with Gasteiger partial charge in [0.1, 0.15) is 6.54 Å². The monoisotopic (exact) mass is 374 g/mol. The summed E-state index contributed by atoms with van der Waals surface area (Å²) in [5.74, 6) is -0.261. The van der Waals surface area contributed by atoms with E-state index >= 15 is 0 Å². The Bertz CT molecular complexity index is 861. The molecular formula is C20H26N2O3S. The SMILES string of the molecule is CCc1ccc(N(CC(=O)N(CC)c2cccc(C)c2)S(C)(=O)=O)cc1. The van der Waals surface area contributed by atoms with Crippen molar-refractivity contribution in [3.8, 4) is 0 Å². The first-order valence-electron chi connectivity index (χ1n) is 8.70. The number of nitrogens with zero attached hydrogens (tertiary/aromatic N) is 2. The van der Waals surface area contributed by atoms with E-state index in [0.29, 0.717) is 12.2 Å². The molecule has 6 heteroatoms. The summed E-state index contributed by atoms with van der Waals surface area (Å²) in [5.41, 5.74) is 3.43. The molecule has 2 aromatic rings. The highest BCUT2D eigenvalue weighted by atomic mass is 32.2. The van der Waals surface area contributed by atoms with Crippen LogP contribution in [0.3, 0.4) is 0 Å². The quantitative estimate of drug-likeness (QED) is 0.746. The van der Waals surface area contributed by atoms with Crippen molar-refractivity contribution in [1.29, 1.82) is 0 Å². The fourth-order valence-corrected chi connectivity index (χ4v) is 3.65. The molecule has 0 aliphatic rings. The summed E-state index contributed by atoms with van der Waals surface area (Å²) in [6.07, 6.45) is 1.99. The minimum Gasteiger partial charge on any atom is -0.311 e. The zero-order valence-electron chi connectivity index (χ0n) is 15.8. The van der Waals surface area contributed by atoms with Gasteiger partial charge in [-0.05, 0) is 55.7 Å². The fraction of sp³-hybridized carbons (Fsp3) is 0.350. The molecule has 26 heavy (non-hydrogen) atoms. The molecule has 0 aliphatic heterocycles. The van der Waals surface area contributed by atoms with E-state index in [4.69, 9.17) is 0 Å². The van der Waals surface area contributed by atoms with Gasteiger partial charge in [-0.15, -0.1) is 0 Å². The Labute approximate surface area is 156 Å². The number of hydrogen-bond donors (Lipinski definition) is 0. The highest BCUT2D eigenvalue weighted by molar-refractivity contribution is 7.92. The lowest BCUT2D eigenvalue weighted by Gasteiger charge is -2.27. The van der Waals surface area contributed by atoms with Crippen LogP contribution in [0.2, 0.25) is 0 Å². The average molecular weight is 375 g/mol. The third kappa shape index (κ3) is 4.85. The third-order valence-electron chi connectivity index (χ3n) is 4.24. The van der Waals surface area contributed by atoms with Gasteiger partial charge in [-0.1, -0.05) is 31.2 Å². The molecule has 0 heterocycles. The molecule has 0 N–H and O–H groups in total. The van der Waals surface area contributed by atoms with Crippen LogP contribution in [0.5, 0.6) is 0 Å². The lowest BCUT2D eigenvalue weighted by molar-refractivity contribution is -0.117. The Kier molecular flexibility index (Phi) is 6.42. The van der Waals surface area contributed by atoms with Crippen LogP contribution in [0, 0.1) is 6.92 Å². The van der Waals surface area contributed by atoms with Crippen molar-refractivity contribution in [2.75, 3.05) is 28.6 Å². The number of sulfonamides is 1. The van der Waals surface area contributed by atoms with E-state index in [2.05, 4.69) is 0 Å². The van der Waals surface area contributed by atoms with Gasteiger partial charge in [0.05, 0.1) is 11.9 Å². The van der Waals surface area contributed by atoms with Gasteiger partial charge in [0.25, 0.3) is 0 Å². The van der Waals surface area contributed by atoms with Crippen molar-refractivity contribution >= 4 is 27.3 Å². The Hall–Kier alpha value is -2.34. The van der Waals surface area contributed by atoms with Gasteiger partial charge in [-0.2, -0.15) is 0 Å². The summed E-state index contributed by atoms with van der Waals surface area (Å²) < 4.78 is 25.7. The minimum absolute atomic E-state index is 0.230. The maximum atomic E-state index is 12.9. The molecular weight excluding hydrogens is 348 g/mol. The first-order chi connectivity index (χ1) is 12.3. The van der Waals surface area contributed by atoms with E-state index in [1.54, 1.807) is 17.0 Å². The van der Waals surface area contributed by atoms with E-state index in [1.165, 1.54) is 0 Å². The van der Waals surface area contributed by atoms with Crippen molar-refractivity contribution in [2.45, 2.75) is 27.2 Å². The lowest BCUT2D eigenvalue weighted by atomic mass is 10.1. The van der Waals surface area contributed by atoms with E-state index in [0.717, 1.165) is 33.8 Å². The maximum absolute atomic E-state index is 12.9. The predicted molar refractivity (Wildman–Crippen MR) is 107 cm³/mol. The van der Waals surface area contributed by atoms with Crippen LogP contribution in [-0.4, -0.2) is 33.7 Å².